The van der Waals surface area contributed by atoms with Gasteiger partial charge in [0.1, 0.15) is 12.2 Å². The van der Waals surface area contributed by atoms with Gasteiger partial charge in [0.05, 0.1) is 4.92 Å². The van der Waals surface area contributed by atoms with Gasteiger partial charge in [0.25, 0.3) is 0 Å². The van der Waals surface area contributed by atoms with Gasteiger partial charge in [0.2, 0.25) is 11.6 Å². The molecule has 1 amide bonds. The number of nitrogens with one attached hydrogen (secondary N) is 1. The van der Waals surface area contributed by atoms with Gasteiger partial charge in [-0.25, -0.2) is 0 Å². The SMILES string of the molecule is CCCCNC(=O)Cn1nc(C(F)(F)F)c([N+](=O)[O-])c1C. The second kappa shape index (κ2) is 6.55. The van der Waals surface area contributed by atoms with Gasteiger partial charge in [-0.15, -0.1) is 0 Å². The van der Waals surface area contributed by atoms with E-state index < -0.39 is 34.9 Å². The maximum Gasteiger partial charge on any atom is 0.442 e. The van der Waals surface area contributed by atoms with Crippen molar-refractivity contribution in [2.24, 2.45) is 0 Å². The van der Waals surface area contributed by atoms with Gasteiger partial charge >= 0.3 is 11.9 Å². The zero-order valence-corrected chi connectivity index (χ0v) is 11.5. The molecular weight excluding hydrogens is 293 g/mol. The molecule has 0 aliphatic rings. The minimum absolute atomic E-state index is 0.307. The lowest BCUT2D eigenvalue weighted by Gasteiger charge is -2.05. The molecule has 0 saturated carbocycles. The van der Waals surface area contributed by atoms with Crippen LogP contribution in [0.25, 0.3) is 0 Å². The minimum atomic E-state index is -4.95. The molecule has 10 heteroatoms. The fourth-order valence-electron chi connectivity index (χ4n) is 1.70. The van der Waals surface area contributed by atoms with Crippen LogP contribution in [0.15, 0.2) is 0 Å². The van der Waals surface area contributed by atoms with Gasteiger partial charge in [-0.2, -0.15) is 18.3 Å². The Morgan fingerprint density at radius 1 is 1.48 bits per heavy atom. The van der Waals surface area contributed by atoms with E-state index in [0.29, 0.717) is 11.2 Å². The fraction of sp³-hybridized carbons (Fsp3) is 0.636. The molecular formula is C11H15F3N4O3. The molecule has 1 rings (SSSR count). The Kier molecular flexibility index (Phi) is 5.28. The van der Waals surface area contributed by atoms with E-state index >= 15 is 0 Å². The van der Waals surface area contributed by atoms with E-state index in [1.165, 1.54) is 0 Å². The molecule has 0 bridgehead atoms. The highest BCUT2D eigenvalue weighted by molar-refractivity contribution is 5.75. The molecule has 1 aromatic heterocycles. The summed E-state index contributed by atoms with van der Waals surface area (Å²) in [4.78, 5) is 21.2. The number of halogens is 3. The van der Waals surface area contributed by atoms with Crippen LogP contribution in [-0.4, -0.2) is 27.2 Å². The van der Waals surface area contributed by atoms with E-state index in [1.54, 1.807) is 0 Å². The summed E-state index contributed by atoms with van der Waals surface area (Å²) in [6.07, 6.45) is -3.36. The quantitative estimate of drug-likeness (QED) is 0.494. The minimum Gasteiger partial charge on any atom is -0.354 e. The van der Waals surface area contributed by atoms with Crippen LogP contribution in [-0.2, 0) is 17.5 Å². The lowest BCUT2D eigenvalue weighted by atomic mass is 10.3. The van der Waals surface area contributed by atoms with E-state index in [-0.39, 0.29) is 5.69 Å². The number of rotatable bonds is 6. The normalized spacial score (nSPS) is 11.5. The highest BCUT2D eigenvalue weighted by Gasteiger charge is 2.44. The monoisotopic (exact) mass is 308 g/mol. The van der Waals surface area contributed by atoms with Gasteiger partial charge < -0.3 is 5.32 Å². The summed E-state index contributed by atoms with van der Waals surface area (Å²) in [5, 5.41) is 16.4. The number of nitro groups is 1. The maximum atomic E-state index is 12.7. The summed E-state index contributed by atoms with van der Waals surface area (Å²) in [7, 11) is 0. The third kappa shape index (κ3) is 4.17. The van der Waals surface area contributed by atoms with Crippen LogP contribution in [0.1, 0.15) is 31.2 Å². The number of hydrogen-bond donors (Lipinski definition) is 1. The van der Waals surface area contributed by atoms with Crippen LogP contribution in [0.2, 0.25) is 0 Å². The number of alkyl halides is 3. The Bertz CT molecular complexity index is 540. The molecule has 118 valence electrons. The van der Waals surface area contributed by atoms with Gasteiger partial charge in [0, 0.05) is 6.54 Å². The third-order valence-corrected chi connectivity index (χ3v) is 2.77. The first kappa shape index (κ1) is 16.9. The third-order valence-electron chi connectivity index (χ3n) is 2.77. The van der Waals surface area contributed by atoms with Crippen molar-refractivity contribution in [2.75, 3.05) is 6.54 Å². The van der Waals surface area contributed by atoms with Gasteiger partial charge in [-0.3, -0.25) is 19.6 Å². The molecule has 1 N–H and O–H groups in total. The highest BCUT2D eigenvalue weighted by Crippen LogP contribution is 2.36. The zero-order chi connectivity index (χ0) is 16.2. The van der Waals surface area contributed by atoms with Crippen LogP contribution >= 0.6 is 0 Å². The molecule has 0 radical (unpaired) electrons. The molecule has 7 nitrogen and oxygen atoms in total. The van der Waals surface area contributed by atoms with E-state index in [9.17, 15) is 28.1 Å². The molecule has 0 fully saturated rings. The Labute approximate surface area is 118 Å². The number of aromatic nitrogens is 2. The van der Waals surface area contributed by atoms with Crippen molar-refractivity contribution < 1.29 is 22.9 Å². The molecule has 0 aliphatic carbocycles. The number of nitrogens with zero attached hydrogens (tertiary/aromatic N) is 3. The lowest BCUT2D eigenvalue weighted by molar-refractivity contribution is -0.388. The van der Waals surface area contributed by atoms with Crippen molar-refractivity contribution >= 4 is 11.6 Å². The lowest BCUT2D eigenvalue weighted by Crippen LogP contribution is -2.29. The van der Waals surface area contributed by atoms with Crippen LogP contribution in [0.3, 0.4) is 0 Å². The summed E-state index contributed by atoms with van der Waals surface area (Å²) in [6.45, 7) is 2.94. The Hall–Kier alpha value is -2.13. The molecule has 0 atom stereocenters. The first-order chi connectivity index (χ1) is 9.68. The second-order valence-corrected chi connectivity index (χ2v) is 4.40. The predicted octanol–water partition coefficient (Wildman–Crippen LogP) is 2.03. The van der Waals surface area contributed by atoms with Crippen molar-refractivity contribution in [1.29, 1.82) is 0 Å². The summed E-state index contributed by atoms with van der Waals surface area (Å²) >= 11 is 0. The van der Waals surface area contributed by atoms with Gasteiger partial charge in [-0.1, -0.05) is 13.3 Å². The van der Waals surface area contributed by atoms with Crippen molar-refractivity contribution in [3.63, 3.8) is 0 Å². The number of amides is 1. The second-order valence-electron chi connectivity index (χ2n) is 4.40. The van der Waals surface area contributed by atoms with Crippen molar-refractivity contribution in [1.82, 2.24) is 15.1 Å². The average molecular weight is 308 g/mol. The summed E-state index contributed by atoms with van der Waals surface area (Å²) in [5.41, 5.74) is -3.02. The first-order valence-corrected chi connectivity index (χ1v) is 6.24. The average Bonchev–Trinajstić information content (AvgIpc) is 2.67. The number of unbranched alkanes of at least 4 members (excludes halogenated alkanes) is 1. The topological polar surface area (TPSA) is 90.1 Å². The van der Waals surface area contributed by atoms with Crippen LogP contribution in [0.5, 0.6) is 0 Å². The predicted molar refractivity (Wildman–Crippen MR) is 66.5 cm³/mol. The van der Waals surface area contributed by atoms with Gasteiger partial charge in [-0.05, 0) is 13.3 Å². The van der Waals surface area contributed by atoms with E-state index in [1.807, 2.05) is 6.92 Å². The summed E-state index contributed by atoms with van der Waals surface area (Å²) < 4.78 is 38.8. The molecule has 0 aliphatic heterocycles. The Morgan fingerprint density at radius 2 is 2.10 bits per heavy atom. The van der Waals surface area contributed by atoms with Gasteiger partial charge in [0.15, 0.2) is 0 Å². The molecule has 0 spiro atoms. The molecule has 1 aromatic rings. The fourth-order valence-corrected chi connectivity index (χ4v) is 1.70. The largest absolute Gasteiger partial charge is 0.442 e. The first-order valence-electron chi connectivity index (χ1n) is 6.24. The number of hydrogen-bond acceptors (Lipinski definition) is 4. The molecule has 21 heavy (non-hydrogen) atoms. The smallest absolute Gasteiger partial charge is 0.354 e. The number of carbonyl (C=O) groups excluding carboxylic acids is 1. The highest BCUT2D eigenvalue weighted by atomic mass is 19.4. The van der Waals surface area contributed by atoms with E-state index in [0.717, 1.165) is 19.8 Å². The van der Waals surface area contributed by atoms with Crippen molar-refractivity contribution in [2.45, 2.75) is 39.4 Å². The standard InChI is InChI=1S/C11H15F3N4O3/c1-3-4-5-15-8(19)6-17-7(2)9(18(20)21)10(16-17)11(12,13)14/h3-6H2,1-2H3,(H,15,19). The van der Waals surface area contributed by atoms with Crippen LogP contribution < -0.4 is 5.32 Å². The van der Waals surface area contributed by atoms with Crippen LogP contribution in [0, 0.1) is 17.0 Å². The number of carbonyl (C=O) groups is 1. The Balaban J connectivity index is 2.99. The van der Waals surface area contributed by atoms with E-state index in [4.69, 9.17) is 0 Å². The molecule has 0 aromatic carbocycles. The maximum absolute atomic E-state index is 12.7. The molecule has 0 unspecified atom stereocenters. The van der Waals surface area contributed by atoms with Crippen molar-refractivity contribution in [3.8, 4) is 0 Å². The molecule has 1 heterocycles. The molecule has 0 saturated heterocycles. The summed E-state index contributed by atoms with van der Waals surface area (Å²) in [5.74, 6) is -0.544. The zero-order valence-electron chi connectivity index (χ0n) is 11.5. The van der Waals surface area contributed by atoms with Crippen molar-refractivity contribution in [3.05, 3.63) is 21.5 Å². The Morgan fingerprint density at radius 3 is 2.52 bits per heavy atom. The van der Waals surface area contributed by atoms with Crippen LogP contribution in [0.4, 0.5) is 18.9 Å². The summed E-state index contributed by atoms with van der Waals surface area (Å²) in [6, 6.07) is 0. The van der Waals surface area contributed by atoms with E-state index in [2.05, 4.69) is 10.4 Å².